The molecule has 0 aromatic heterocycles. The van der Waals surface area contributed by atoms with E-state index in [1.807, 2.05) is 0 Å². The summed E-state index contributed by atoms with van der Waals surface area (Å²) in [5, 5.41) is 8.97. The monoisotopic (exact) mass is 211 g/mol. The first-order valence-corrected chi connectivity index (χ1v) is 5.62. The Bertz CT molecular complexity index is 225. The number of rotatable bonds is 6. The molecule has 0 aliphatic heterocycles. The minimum Gasteiger partial charge on any atom is -0.392 e. The quantitative estimate of drug-likeness (QED) is 0.629. The van der Waals surface area contributed by atoms with E-state index in [2.05, 4.69) is 4.74 Å². The van der Waals surface area contributed by atoms with E-state index in [-0.39, 0.29) is 18.9 Å². The smallest absolute Gasteiger partial charge is 0.216 e. The summed E-state index contributed by atoms with van der Waals surface area (Å²) in [4.78, 5) is 0. The summed E-state index contributed by atoms with van der Waals surface area (Å²) in [5.74, 6) is -0.0489. The molecule has 0 saturated heterocycles. The van der Waals surface area contributed by atoms with Gasteiger partial charge in [-0.25, -0.2) is 12.7 Å². The van der Waals surface area contributed by atoms with Crippen LogP contribution in [0.1, 0.15) is 6.92 Å². The Kier molecular flexibility index (Phi) is 5.46. The van der Waals surface area contributed by atoms with Crippen molar-refractivity contribution >= 4 is 10.0 Å². The molecule has 1 unspecified atom stereocenters. The van der Waals surface area contributed by atoms with Crippen LogP contribution in [-0.2, 0) is 14.8 Å². The molecule has 0 rings (SSSR count). The number of likely N-dealkylation sites (N-methyl/N-ethyl adjacent to an activating group) is 1. The second kappa shape index (κ2) is 5.54. The molecule has 5 nitrogen and oxygen atoms in total. The van der Waals surface area contributed by atoms with Crippen molar-refractivity contribution in [2.24, 2.45) is 0 Å². The molecule has 0 saturated carbocycles. The fourth-order valence-electron chi connectivity index (χ4n) is 0.830. The number of hydrogen-bond acceptors (Lipinski definition) is 4. The second-order valence-electron chi connectivity index (χ2n) is 2.94. The standard InChI is InChI=1S/C7H17NO4S/c1-7(9)6-8(2)13(10,11)5-4-12-3/h7,9H,4-6H2,1-3H3. The van der Waals surface area contributed by atoms with E-state index < -0.39 is 16.1 Å². The van der Waals surface area contributed by atoms with Crippen molar-refractivity contribution in [2.45, 2.75) is 13.0 Å². The van der Waals surface area contributed by atoms with E-state index in [1.165, 1.54) is 14.2 Å². The average Bonchev–Trinajstić information content (AvgIpc) is 1.99. The van der Waals surface area contributed by atoms with Gasteiger partial charge in [0.25, 0.3) is 0 Å². The highest BCUT2D eigenvalue weighted by Gasteiger charge is 2.18. The molecule has 0 amide bonds. The van der Waals surface area contributed by atoms with Crippen molar-refractivity contribution in [3.63, 3.8) is 0 Å². The molecule has 1 N–H and O–H groups in total. The number of sulfonamides is 1. The van der Waals surface area contributed by atoms with Crippen LogP contribution in [0, 0.1) is 0 Å². The summed E-state index contributed by atoms with van der Waals surface area (Å²) < 4.78 is 28.5. The molecule has 0 aromatic carbocycles. The molecular formula is C7H17NO4S. The number of ether oxygens (including phenoxy) is 1. The van der Waals surface area contributed by atoms with E-state index in [0.717, 1.165) is 4.31 Å². The first-order chi connectivity index (χ1) is 5.90. The van der Waals surface area contributed by atoms with Gasteiger partial charge in [-0.15, -0.1) is 0 Å². The summed E-state index contributed by atoms with van der Waals surface area (Å²) in [6.07, 6.45) is -0.651. The molecule has 0 aliphatic rings. The highest BCUT2D eigenvalue weighted by Crippen LogP contribution is 1.99. The van der Waals surface area contributed by atoms with Gasteiger partial charge in [0.1, 0.15) is 0 Å². The van der Waals surface area contributed by atoms with Gasteiger partial charge >= 0.3 is 0 Å². The lowest BCUT2D eigenvalue weighted by Gasteiger charge is -2.18. The van der Waals surface area contributed by atoms with Crippen molar-refractivity contribution in [1.82, 2.24) is 4.31 Å². The third-order valence-electron chi connectivity index (χ3n) is 1.54. The van der Waals surface area contributed by atoms with E-state index in [0.29, 0.717) is 0 Å². The maximum Gasteiger partial charge on any atom is 0.216 e. The van der Waals surface area contributed by atoms with Crippen molar-refractivity contribution < 1.29 is 18.3 Å². The van der Waals surface area contributed by atoms with Crippen molar-refractivity contribution in [1.29, 1.82) is 0 Å². The molecule has 0 aromatic rings. The van der Waals surface area contributed by atoms with Gasteiger partial charge in [-0.2, -0.15) is 0 Å². The molecule has 0 bridgehead atoms. The Morgan fingerprint density at radius 1 is 1.54 bits per heavy atom. The van der Waals surface area contributed by atoms with Crippen molar-refractivity contribution in [2.75, 3.05) is 33.1 Å². The van der Waals surface area contributed by atoms with Crippen LogP contribution in [0.4, 0.5) is 0 Å². The van der Waals surface area contributed by atoms with Gasteiger partial charge in [0.15, 0.2) is 0 Å². The molecule has 0 fully saturated rings. The molecule has 6 heteroatoms. The topological polar surface area (TPSA) is 66.8 Å². The Labute approximate surface area is 79.4 Å². The first-order valence-electron chi connectivity index (χ1n) is 4.01. The zero-order valence-corrected chi connectivity index (χ0v) is 9.04. The van der Waals surface area contributed by atoms with E-state index in [4.69, 9.17) is 5.11 Å². The molecule has 0 spiro atoms. The average molecular weight is 211 g/mol. The van der Waals surface area contributed by atoms with Crippen LogP contribution in [0.15, 0.2) is 0 Å². The summed E-state index contributed by atoms with van der Waals surface area (Å²) >= 11 is 0. The highest BCUT2D eigenvalue weighted by molar-refractivity contribution is 7.89. The molecule has 0 aliphatic carbocycles. The third-order valence-corrected chi connectivity index (χ3v) is 3.32. The van der Waals surface area contributed by atoms with Gasteiger partial charge in [-0.1, -0.05) is 0 Å². The minimum absolute atomic E-state index is 0.0489. The third kappa shape index (κ3) is 5.20. The normalized spacial score (nSPS) is 14.8. The molecular weight excluding hydrogens is 194 g/mol. The van der Waals surface area contributed by atoms with Crippen molar-refractivity contribution in [3.05, 3.63) is 0 Å². The lowest BCUT2D eigenvalue weighted by Crippen LogP contribution is -2.35. The SMILES string of the molecule is COCCS(=O)(=O)N(C)CC(C)O. The van der Waals surface area contributed by atoms with Gasteiger partial charge in [0, 0.05) is 20.7 Å². The van der Waals surface area contributed by atoms with Crippen LogP contribution >= 0.6 is 0 Å². The van der Waals surface area contributed by atoms with Crippen LogP contribution in [0.5, 0.6) is 0 Å². The minimum atomic E-state index is -3.27. The zero-order valence-electron chi connectivity index (χ0n) is 8.23. The summed E-state index contributed by atoms with van der Waals surface area (Å²) in [7, 11) is -0.378. The number of nitrogens with zero attached hydrogens (tertiary/aromatic N) is 1. The van der Waals surface area contributed by atoms with Crippen LogP contribution in [-0.4, -0.2) is 57.0 Å². The summed E-state index contributed by atoms with van der Waals surface area (Å²) in [5.41, 5.74) is 0. The van der Waals surface area contributed by atoms with Gasteiger partial charge in [0.2, 0.25) is 10.0 Å². The predicted molar refractivity (Wildman–Crippen MR) is 50.0 cm³/mol. The van der Waals surface area contributed by atoms with Crippen LogP contribution in [0.25, 0.3) is 0 Å². The van der Waals surface area contributed by atoms with E-state index >= 15 is 0 Å². The Balaban J connectivity index is 4.12. The van der Waals surface area contributed by atoms with Crippen LogP contribution in [0.2, 0.25) is 0 Å². The van der Waals surface area contributed by atoms with E-state index in [1.54, 1.807) is 6.92 Å². The lowest BCUT2D eigenvalue weighted by molar-refractivity contribution is 0.170. The first kappa shape index (κ1) is 12.8. The van der Waals surface area contributed by atoms with Crippen molar-refractivity contribution in [3.8, 4) is 0 Å². The second-order valence-corrected chi connectivity index (χ2v) is 5.13. The van der Waals surface area contributed by atoms with Gasteiger partial charge in [-0.05, 0) is 6.92 Å². The van der Waals surface area contributed by atoms with Crippen LogP contribution in [0.3, 0.4) is 0 Å². The Morgan fingerprint density at radius 3 is 2.46 bits per heavy atom. The molecule has 0 radical (unpaired) electrons. The van der Waals surface area contributed by atoms with Gasteiger partial charge < -0.3 is 9.84 Å². The van der Waals surface area contributed by atoms with Gasteiger partial charge in [-0.3, -0.25) is 0 Å². The Morgan fingerprint density at radius 2 is 2.08 bits per heavy atom. The number of methoxy groups -OCH3 is 1. The summed E-state index contributed by atoms with van der Waals surface area (Å²) in [6, 6.07) is 0. The molecule has 1 atom stereocenters. The van der Waals surface area contributed by atoms with Crippen LogP contribution < -0.4 is 0 Å². The number of aliphatic hydroxyl groups excluding tert-OH is 1. The maximum absolute atomic E-state index is 11.4. The molecule has 80 valence electrons. The summed E-state index contributed by atoms with van der Waals surface area (Å²) in [6.45, 7) is 1.83. The lowest BCUT2D eigenvalue weighted by atomic mass is 10.4. The molecule has 0 heterocycles. The fraction of sp³-hybridized carbons (Fsp3) is 1.00. The maximum atomic E-state index is 11.4. The fourth-order valence-corrected chi connectivity index (χ4v) is 1.96. The highest BCUT2D eigenvalue weighted by atomic mass is 32.2. The number of aliphatic hydroxyl groups is 1. The zero-order chi connectivity index (χ0) is 10.5. The van der Waals surface area contributed by atoms with E-state index in [9.17, 15) is 8.42 Å². The predicted octanol–water partition coefficient (Wildman–Crippen LogP) is -0.725. The largest absolute Gasteiger partial charge is 0.392 e. The number of hydrogen-bond donors (Lipinski definition) is 1. The Hall–Kier alpha value is -0.170. The molecule has 13 heavy (non-hydrogen) atoms. The van der Waals surface area contributed by atoms with Gasteiger partial charge in [0.05, 0.1) is 18.5 Å².